The maximum absolute atomic E-state index is 5.98. The van der Waals surface area contributed by atoms with Crippen molar-refractivity contribution in [2.75, 3.05) is 0 Å². The van der Waals surface area contributed by atoms with Gasteiger partial charge in [0.25, 0.3) is 0 Å². The van der Waals surface area contributed by atoms with Crippen molar-refractivity contribution in [2.24, 2.45) is 17.3 Å². The van der Waals surface area contributed by atoms with E-state index in [4.69, 9.17) is 4.42 Å². The molecule has 1 heterocycles. The summed E-state index contributed by atoms with van der Waals surface area (Å²) in [5, 5.41) is 3.51. The zero-order valence-corrected chi connectivity index (χ0v) is 13.6. The molecule has 1 aromatic heterocycles. The second-order valence-corrected chi connectivity index (χ2v) is 8.72. The molecule has 116 valence electrons. The van der Waals surface area contributed by atoms with Crippen LogP contribution in [0.3, 0.4) is 0 Å². The van der Waals surface area contributed by atoms with Crippen LogP contribution in [0, 0.1) is 17.3 Å². The highest BCUT2D eigenvalue weighted by molar-refractivity contribution is 5.26. The van der Waals surface area contributed by atoms with Crippen molar-refractivity contribution < 1.29 is 4.42 Å². The Morgan fingerprint density at radius 2 is 2.00 bits per heavy atom. The largest absolute Gasteiger partial charge is 0.448 e. The van der Waals surface area contributed by atoms with Crippen LogP contribution >= 0.6 is 0 Å². The highest BCUT2D eigenvalue weighted by atomic mass is 16.3. The number of nitrogens with zero attached hydrogens (tertiary/aromatic N) is 1. The molecule has 0 spiro atoms. The molecule has 4 saturated carbocycles. The first-order valence-corrected chi connectivity index (χ1v) is 8.64. The van der Waals surface area contributed by atoms with Crippen LogP contribution in [0.25, 0.3) is 0 Å². The van der Waals surface area contributed by atoms with Crippen LogP contribution in [0.15, 0.2) is 10.8 Å². The summed E-state index contributed by atoms with van der Waals surface area (Å²) >= 11 is 0. The van der Waals surface area contributed by atoms with Crippen molar-refractivity contribution in [1.82, 2.24) is 10.3 Å². The second kappa shape index (κ2) is 4.58. The topological polar surface area (TPSA) is 38.1 Å². The molecule has 4 fully saturated rings. The van der Waals surface area contributed by atoms with Crippen LogP contribution in [0.5, 0.6) is 0 Å². The van der Waals surface area contributed by atoms with Crippen LogP contribution in [0.1, 0.15) is 70.8 Å². The highest BCUT2D eigenvalue weighted by Gasteiger charge is 2.58. The zero-order chi connectivity index (χ0) is 14.7. The van der Waals surface area contributed by atoms with Gasteiger partial charge in [0.2, 0.25) is 0 Å². The van der Waals surface area contributed by atoms with Gasteiger partial charge in [-0.1, -0.05) is 20.8 Å². The van der Waals surface area contributed by atoms with Gasteiger partial charge in [0.05, 0.1) is 5.69 Å². The average Bonchev–Trinajstić information content (AvgIpc) is 2.82. The van der Waals surface area contributed by atoms with Gasteiger partial charge in [-0.3, -0.25) is 0 Å². The minimum absolute atomic E-state index is 0.295. The summed E-state index contributed by atoms with van der Waals surface area (Å²) in [7, 11) is 0. The Morgan fingerprint density at radius 3 is 2.62 bits per heavy atom. The van der Waals surface area contributed by atoms with Gasteiger partial charge in [-0.2, -0.15) is 0 Å². The predicted octanol–water partition coefficient (Wildman–Crippen LogP) is 4.03. The number of rotatable bonds is 4. The summed E-state index contributed by atoms with van der Waals surface area (Å²) in [6, 6.07) is 0.489. The first-order chi connectivity index (χ1) is 9.98. The quantitative estimate of drug-likeness (QED) is 0.909. The van der Waals surface area contributed by atoms with Gasteiger partial charge in [0.15, 0.2) is 6.39 Å². The van der Waals surface area contributed by atoms with E-state index in [0.717, 1.165) is 24.1 Å². The smallest absolute Gasteiger partial charge is 0.181 e. The van der Waals surface area contributed by atoms with Crippen molar-refractivity contribution in [3.63, 3.8) is 0 Å². The van der Waals surface area contributed by atoms with E-state index in [1.54, 1.807) is 6.39 Å². The monoisotopic (exact) mass is 288 g/mol. The van der Waals surface area contributed by atoms with Crippen LogP contribution < -0.4 is 5.32 Å². The second-order valence-electron chi connectivity index (χ2n) is 8.72. The molecule has 3 heteroatoms. The maximum Gasteiger partial charge on any atom is 0.181 e. The zero-order valence-electron chi connectivity index (χ0n) is 13.6. The van der Waals surface area contributed by atoms with Gasteiger partial charge in [0, 0.05) is 18.0 Å². The first-order valence-electron chi connectivity index (χ1n) is 8.64. The number of hydrogen-bond donors (Lipinski definition) is 1. The van der Waals surface area contributed by atoms with E-state index in [1.807, 2.05) is 0 Å². The molecule has 0 aliphatic heterocycles. The molecule has 0 radical (unpaired) electrons. The van der Waals surface area contributed by atoms with Crippen LogP contribution in [0.4, 0.5) is 0 Å². The Balaban J connectivity index is 1.65. The van der Waals surface area contributed by atoms with Crippen LogP contribution in [-0.2, 0) is 12.0 Å². The van der Waals surface area contributed by atoms with Gasteiger partial charge < -0.3 is 9.73 Å². The van der Waals surface area contributed by atoms with Gasteiger partial charge in [-0.25, -0.2) is 4.98 Å². The predicted molar refractivity (Wildman–Crippen MR) is 82.9 cm³/mol. The molecule has 0 saturated heterocycles. The Kier molecular flexibility index (Phi) is 3.01. The lowest BCUT2D eigenvalue weighted by atomic mass is 9.44. The Labute approximate surface area is 127 Å². The summed E-state index contributed by atoms with van der Waals surface area (Å²) < 4.78 is 5.98. The van der Waals surface area contributed by atoms with Gasteiger partial charge in [0.1, 0.15) is 5.76 Å². The standard InChI is InChI=1S/C18H28N2O/c1-12(2)19-9-15-16(21-11-20-15)18-7-13-4-14(8-18)6-17(3,5-13)10-18/h11-14,19H,4-10H2,1-3H3. The summed E-state index contributed by atoms with van der Waals surface area (Å²) in [5.41, 5.74) is 2.01. The molecular formula is C18H28N2O. The molecule has 2 atom stereocenters. The molecule has 5 rings (SSSR count). The maximum atomic E-state index is 5.98. The Bertz CT molecular complexity index is 519. The Morgan fingerprint density at radius 1 is 1.29 bits per heavy atom. The molecule has 0 amide bonds. The van der Waals surface area contributed by atoms with Crippen LogP contribution in [-0.4, -0.2) is 11.0 Å². The van der Waals surface area contributed by atoms with Gasteiger partial charge in [-0.15, -0.1) is 0 Å². The highest BCUT2D eigenvalue weighted by Crippen LogP contribution is 2.65. The molecule has 2 unspecified atom stereocenters. The fourth-order valence-electron chi connectivity index (χ4n) is 6.11. The van der Waals surface area contributed by atoms with E-state index in [-0.39, 0.29) is 0 Å². The molecule has 1 N–H and O–H groups in total. The lowest BCUT2D eigenvalue weighted by Gasteiger charge is -2.60. The van der Waals surface area contributed by atoms with Crippen molar-refractivity contribution >= 4 is 0 Å². The van der Waals surface area contributed by atoms with Crippen molar-refractivity contribution in [1.29, 1.82) is 0 Å². The number of oxazole rings is 1. The first kappa shape index (κ1) is 13.8. The molecule has 1 aromatic rings. The molecule has 4 aliphatic rings. The fourth-order valence-corrected chi connectivity index (χ4v) is 6.11. The average molecular weight is 288 g/mol. The number of aromatic nitrogens is 1. The third-order valence-electron chi connectivity index (χ3n) is 6.15. The number of hydrogen-bond acceptors (Lipinski definition) is 3. The lowest BCUT2D eigenvalue weighted by molar-refractivity contribution is -0.0693. The third-order valence-corrected chi connectivity index (χ3v) is 6.15. The minimum Gasteiger partial charge on any atom is -0.448 e. The summed E-state index contributed by atoms with van der Waals surface area (Å²) in [5.74, 6) is 3.07. The molecule has 4 aliphatic carbocycles. The third kappa shape index (κ3) is 2.25. The van der Waals surface area contributed by atoms with Crippen molar-refractivity contribution in [3.05, 3.63) is 17.8 Å². The van der Waals surface area contributed by atoms with E-state index in [9.17, 15) is 0 Å². The molecule has 21 heavy (non-hydrogen) atoms. The van der Waals surface area contributed by atoms with Crippen molar-refractivity contribution in [2.45, 2.75) is 77.3 Å². The SMILES string of the molecule is CC(C)NCc1ncoc1C12CC3CC(CC(C)(C3)C1)C2. The van der Waals surface area contributed by atoms with Gasteiger partial charge in [-0.05, 0) is 55.8 Å². The fraction of sp³-hybridized carbons (Fsp3) is 0.833. The normalized spacial score (nSPS) is 41.1. The van der Waals surface area contributed by atoms with E-state index < -0.39 is 0 Å². The summed E-state index contributed by atoms with van der Waals surface area (Å²) in [6.07, 6.45) is 10.0. The van der Waals surface area contributed by atoms with Gasteiger partial charge >= 0.3 is 0 Å². The van der Waals surface area contributed by atoms with E-state index in [2.05, 4.69) is 31.1 Å². The minimum atomic E-state index is 0.295. The number of nitrogens with one attached hydrogen (secondary N) is 1. The van der Waals surface area contributed by atoms with Crippen molar-refractivity contribution in [3.8, 4) is 0 Å². The lowest BCUT2D eigenvalue weighted by Crippen LogP contribution is -2.53. The summed E-state index contributed by atoms with van der Waals surface area (Å²) in [6.45, 7) is 7.73. The van der Waals surface area contributed by atoms with E-state index in [0.29, 0.717) is 16.9 Å². The molecule has 4 bridgehead atoms. The Hall–Kier alpha value is -0.830. The molecule has 0 aromatic carbocycles. The molecular weight excluding hydrogens is 260 g/mol. The van der Waals surface area contributed by atoms with E-state index in [1.165, 1.54) is 44.3 Å². The van der Waals surface area contributed by atoms with E-state index >= 15 is 0 Å². The van der Waals surface area contributed by atoms with Crippen LogP contribution in [0.2, 0.25) is 0 Å². The molecule has 3 nitrogen and oxygen atoms in total. The summed E-state index contributed by atoms with van der Waals surface area (Å²) in [4.78, 5) is 4.54.